The molecule has 0 aromatic heterocycles. The number of rotatable bonds is 5. The van der Waals surface area contributed by atoms with Crippen molar-refractivity contribution in [2.45, 2.75) is 31.7 Å². The lowest BCUT2D eigenvalue weighted by Gasteiger charge is -2.13. The lowest BCUT2D eigenvalue weighted by molar-refractivity contribution is -0.387. The van der Waals surface area contributed by atoms with Crippen molar-refractivity contribution in [3.05, 3.63) is 33.4 Å². The fraction of sp³-hybridized carbons (Fsp3) is 0.455. The molecule has 7 nitrogen and oxygen atoms in total. The number of nitro groups is 1. The largest absolute Gasteiger partial charge is 0.329 e. The second kappa shape index (κ2) is 6.98. The van der Waals surface area contributed by atoms with Gasteiger partial charge < -0.3 is 5.73 Å². The van der Waals surface area contributed by atoms with E-state index >= 15 is 0 Å². The lowest BCUT2D eigenvalue weighted by Crippen LogP contribution is -2.38. The van der Waals surface area contributed by atoms with Crippen LogP contribution in [0.3, 0.4) is 0 Å². The first-order valence-electron chi connectivity index (χ1n) is 5.67. The van der Waals surface area contributed by atoms with Gasteiger partial charge >= 0.3 is 0 Å². The van der Waals surface area contributed by atoms with Gasteiger partial charge in [0.15, 0.2) is 4.90 Å². The number of nitrogens with two attached hydrogens (primary N) is 1. The highest BCUT2D eigenvalue weighted by molar-refractivity contribution is 7.89. The molecule has 1 rings (SSSR count). The second-order valence-electron chi connectivity index (χ2n) is 4.42. The maximum Gasteiger partial charge on any atom is 0.289 e. The summed E-state index contributed by atoms with van der Waals surface area (Å²) in [5.74, 6) is 0. The Morgan fingerprint density at radius 1 is 1.35 bits per heavy atom. The monoisotopic (exact) mass is 323 g/mol. The Hall–Kier alpha value is -1.22. The molecule has 0 spiro atoms. The molecule has 0 amide bonds. The SMILES string of the molecule is Cc1cc([N+](=O)[O-])c(S(=O)(=O)N[C@H](C)CN)cc1C.Cl. The molecular formula is C11H18ClN3O4S. The van der Waals surface area contributed by atoms with Gasteiger partial charge in [-0.25, -0.2) is 13.1 Å². The molecule has 0 saturated carbocycles. The summed E-state index contributed by atoms with van der Waals surface area (Å²) in [4.78, 5) is 9.94. The number of hydrogen-bond donors (Lipinski definition) is 2. The molecule has 0 radical (unpaired) electrons. The van der Waals surface area contributed by atoms with Crippen molar-refractivity contribution < 1.29 is 13.3 Å². The summed E-state index contributed by atoms with van der Waals surface area (Å²) < 4.78 is 26.5. The van der Waals surface area contributed by atoms with E-state index in [-0.39, 0.29) is 23.8 Å². The van der Waals surface area contributed by atoms with Crippen molar-refractivity contribution in [3.63, 3.8) is 0 Å². The van der Waals surface area contributed by atoms with Crippen LogP contribution in [0.4, 0.5) is 5.69 Å². The summed E-state index contributed by atoms with van der Waals surface area (Å²) in [5, 5.41) is 11.0. The molecule has 0 bridgehead atoms. The van der Waals surface area contributed by atoms with Crippen LogP contribution in [0.5, 0.6) is 0 Å². The van der Waals surface area contributed by atoms with Gasteiger partial charge in [0.1, 0.15) is 0 Å². The normalized spacial score (nSPS) is 12.6. The molecule has 0 aliphatic carbocycles. The minimum absolute atomic E-state index is 0. The molecule has 1 atom stereocenters. The average molecular weight is 324 g/mol. The number of hydrogen-bond acceptors (Lipinski definition) is 5. The van der Waals surface area contributed by atoms with Crippen LogP contribution in [0.15, 0.2) is 17.0 Å². The fourth-order valence-electron chi connectivity index (χ4n) is 1.51. The van der Waals surface area contributed by atoms with Crippen LogP contribution in [0.1, 0.15) is 18.1 Å². The Labute approximate surface area is 124 Å². The molecule has 0 aliphatic heterocycles. The Morgan fingerprint density at radius 2 is 1.85 bits per heavy atom. The summed E-state index contributed by atoms with van der Waals surface area (Å²) >= 11 is 0. The number of halogens is 1. The Balaban J connectivity index is 0.00000361. The average Bonchev–Trinajstić information content (AvgIpc) is 2.30. The molecule has 0 unspecified atom stereocenters. The first-order valence-corrected chi connectivity index (χ1v) is 7.15. The van der Waals surface area contributed by atoms with E-state index in [9.17, 15) is 18.5 Å². The molecule has 1 aromatic rings. The molecule has 9 heteroatoms. The molecule has 0 saturated heterocycles. The molecule has 1 aromatic carbocycles. The van der Waals surface area contributed by atoms with Gasteiger partial charge in [-0.1, -0.05) is 0 Å². The third-order valence-electron chi connectivity index (χ3n) is 2.77. The van der Waals surface area contributed by atoms with Crippen molar-refractivity contribution in [3.8, 4) is 0 Å². The third kappa shape index (κ3) is 4.14. The smallest absolute Gasteiger partial charge is 0.289 e. The number of sulfonamides is 1. The zero-order valence-electron chi connectivity index (χ0n) is 11.4. The van der Waals surface area contributed by atoms with Crippen LogP contribution in [0.25, 0.3) is 0 Å². The maximum absolute atomic E-state index is 12.1. The van der Waals surface area contributed by atoms with Crippen molar-refractivity contribution in [1.82, 2.24) is 4.72 Å². The highest BCUT2D eigenvalue weighted by Gasteiger charge is 2.27. The first-order chi connectivity index (χ1) is 8.69. The van der Waals surface area contributed by atoms with E-state index < -0.39 is 26.7 Å². The second-order valence-corrected chi connectivity index (χ2v) is 6.10. The Bertz CT molecular complexity index is 604. The van der Waals surface area contributed by atoms with Crippen molar-refractivity contribution in [2.24, 2.45) is 5.73 Å². The van der Waals surface area contributed by atoms with E-state index in [1.165, 1.54) is 12.1 Å². The van der Waals surface area contributed by atoms with Crippen molar-refractivity contribution >= 4 is 28.1 Å². The van der Waals surface area contributed by atoms with Gasteiger partial charge in [-0.2, -0.15) is 0 Å². The summed E-state index contributed by atoms with van der Waals surface area (Å²) in [6.07, 6.45) is 0. The lowest BCUT2D eigenvalue weighted by atomic mass is 10.1. The topological polar surface area (TPSA) is 115 Å². The zero-order chi connectivity index (χ0) is 14.8. The fourth-order valence-corrected chi connectivity index (χ4v) is 3.00. The van der Waals surface area contributed by atoms with Gasteiger partial charge in [0.2, 0.25) is 10.0 Å². The van der Waals surface area contributed by atoms with Gasteiger partial charge in [0.05, 0.1) is 4.92 Å². The van der Waals surface area contributed by atoms with E-state index in [2.05, 4.69) is 4.72 Å². The molecule has 0 heterocycles. The third-order valence-corrected chi connectivity index (χ3v) is 4.39. The predicted octanol–water partition coefficient (Wildman–Crippen LogP) is 1.26. The summed E-state index contributed by atoms with van der Waals surface area (Å²) in [5.41, 5.74) is 6.25. The van der Waals surface area contributed by atoms with Crippen LogP contribution >= 0.6 is 12.4 Å². The van der Waals surface area contributed by atoms with Crippen molar-refractivity contribution in [2.75, 3.05) is 6.54 Å². The molecule has 0 aliphatic rings. The van der Waals surface area contributed by atoms with Gasteiger partial charge in [0, 0.05) is 18.7 Å². The van der Waals surface area contributed by atoms with Gasteiger partial charge in [-0.05, 0) is 38.0 Å². The molecular weight excluding hydrogens is 306 g/mol. The van der Waals surface area contributed by atoms with Crippen LogP contribution in [-0.2, 0) is 10.0 Å². The molecule has 3 N–H and O–H groups in total. The number of nitrogens with one attached hydrogen (secondary N) is 1. The van der Waals surface area contributed by atoms with E-state index in [0.717, 1.165) is 0 Å². The number of aryl methyl sites for hydroxylation is 2. The van der Waals surface area contributed by atoms with Gasteiger partial charge in [0.25, 0.3) is 5.69 Å². The van der Waals surface area contributed by atoms with E-state index in [4.69, 9.17) is 5.73 Å². The van der Waals surface area contributed by atoms with E-state index in [1.807, 2.05) is 0 Å². The highest BCUT2D eigenvalue weighted by atomic mass is 35.5. The maximum atomic E-state index is 12.1. The van der Waals surface area contributed by atoms with Crippen LogP contribution in [0.2, 0.25) is 0 Å². The first kappa shape index (κ1) is 18.8. The van der Waals surface area contributed by atoms with Gasteiger partial charge in [-0.3, -0.25) is 10.1 Å². The Kier molecular flexibility index (Phi) is 6.55. The Morgan fingerprint density at radius 3 is 2.30 bits per heavy atom. The standard InChI is InChI=1S/C11H17N3O4S.ClH/c1-7-4-10(14(15)16)11(5-8(7)2)19(17,18)13-9(3)6-12;/h4-5,9,13H,6,12H2,1-3H3;1H/t9-;/m1./s1. The summed E-state index contributed by atoms with van der Waals surface area (Å²) in [7, 11) is -3.96. The number of nitro benzene ring substituents is 1. The van der Waals surface area contributed by atoms with Crippen LogP contribution in [0, 0.1) is 24.0 Å². The number of benzene rings is 1. The minimum Gasteiger partial charge on any atom is -0.329 e. The van der Waals surface area contributed by atoms with Crippen molar-refractivity contribution in [1.29, 1.82) is 0 Å². The minimum atomic E-state index is -3.96. The summed E-state index contributed by atoms with van der Waals surface area (Å²) in [6.45, 7) is 5.08. The molecule has 20 heavy (non-hydrogen) atoms. The van der Waals surface area contributed by atoms with Crippen LogP contribution < -0.4 is 10.5 Å². The highest BCUT2D eigenvalue weighted by Crippen LogP contribution is 2.27. The van der Waals surface area contributed by atoms with E-state index in [0.29, 0.717) is 11.1 Å². The van der Waals surface area contributed by atoms with E-state index in [1.54, 1.807) is 20.8 Å². The quantitative estimate of drug-likeness (QED) is 0.625. The summed E-state index contributed by atoms with van der Waals surface area (Å²) in [6, 6.07) is 2.07. The van der Waals surface area contributed by atoms with Crippen LogP contribution in [-0.4, -0.2) is 25.9 Å². The molecule has 114 valence electrons. The zero-order valence-corrected chi connectivity index (χ0v) is 13.0. The predicted molar refractivity (Wildman–Crippen MR) is 78.7 cm³/mol. The number of nitrogens with zero attached hydrogens (tertiary/aromatic N) is 1. The molecule has 0 fully saturated rings. The van der Waals surface area contributed by atoms with Gasteiger partial charge in [-0.15, -0.1) is 12.4 Å².